The Morgan fingerprint density at radius 3 is 2.56 bits per heavy atom. The smallest absolute Gasteiger partial charge is 0.0690 e. The monoisotopic (exact) mass is 547 g/mol. The van der Waals surface area contributed by atoms with Crippen molar-refractivity contribution in [3.05, 3.63) is 108 Å². The molecule has 2 heterocycles. The molecule has 0 amide bonds. The number of aromatic nitrogens is 1. The van der Waals surface area contributed by atoms with Crippen molar-refractivity contribution < 1.29 is 20.1 Å². The number of hydrogen-bond acceptors (Lipinski definition) is 3. The van der Waals surface area contributed by atoms with Crippen LogP contribution in [0.5, 0.6) is 0 Å². The second kappa shape index (κ2) is 9.70. The average Bonchev–Trinajstić information content (AvgIpc) is 3.39. The number of fused-ring (bicyclic) bond motifs is 1. The van der Waals surface area contributed by atoms with Crippen molar-refractivity contribution in [1.29, 1.82) is 0 Å². The Kier molecular flexibility index (Phi) is 7.05. The molecule has 2 aliphatic rings. The van der Waals surface area contributed by atoms with E-state index < -0.39 is 0 Å². The summed E-state index contributed by atoms with van der Waals surface area (Å²) in [5.41, 5.74) is 6.01. The predicted octanol–water partition coefficient (Wildman–Crippen LogP) is 5.41. The number of nitrogens with zero attached hydrogens (tertiary/aromatic N) is 2. The molecule has 0 unspecified atom stereocenters. The van der Waals surface area contributed by atoms with Gasteiger partial charge in [0.25, 0.3) is 0 Å². The van der Waals surface area contributed by atoms with Gasteiger partial charge >= 0.3 is 0 Å². The normalized spacial score (nSPS) is 13.9. The molecule has 0 N–H and O–H groups in total. The summed E-state index contributed by atoms with van der Waals surface area (Å²) in [6.45, 7) is 0. The van der Waals surface area contributed by atoms with E-state index in [1.807, 2.05) is 54.2 Å². The molecule has 0 fully saturated rings. The first kappa shape index (κ1) is 19.6. The number of pyridine rings is 1. The maximum absolute atomic E-state index is 4.22. The van der Waals surface area contributed by atoms with Crippen LogP contribution in [0.1, 0.15) is 11.1 Å². The third kappa shape index (κ3) is 4.78. The van der Waals surface area contributed by atoms with Crippen molar-refractivity contribution in [2.45, 2.75) is 6.42 Å². The number of rotatable bonds is 2. The van der Waals surface area contributed by atoms with Gasteiger partial charge in [0.15, 0.2) is 0 Å². The summed E-state index contributed by atoms with van der Waals surface area (Å²) < 4.78 is 0. The Balaban J connectivity index is 0.000000152. The second-order valence-corrected chi connectivity index (χ2v) is 6.76. The van der Waals surface area contributed by atoms with Crippen LogP contribution in [0.4, 0.5) is 0 Å². The Morgan fingerprint density at radius 1 is 0.963 bits per heavy atom. The summed E-state index contributed by atoms with van der Waals surface area (Å²) in [6.07, 6.45) is 8.32. The first-order valence-corrected chi connectivity index (χ1v) is 9.59. The van der Waals surface area contributed by atoms with E-state index >= 15 is 0 Å². The first-order valence-electron chi connectivity index (χ1n) is 8.54. The van der Waals surface area contributed by atoms with Gasteiger partial charge in [-0.2, -0.15) is 5.56 Å². The summed E-state index contributed by atoms with van der Waals surface area (Å²) in [7, 11) is 0. The summed E-state index contributed by atoms with van der Waals surface area (Å²) >= 11 is 1.83. The molecule has 1 aliphatic heterocycles. The molecule has 2 aromatic carbocycles. The van der Waals surface area contributed by atoms with E-state index in [2.05, 4.69) is 57.9 Å². The zero-order chi connectivity index (χ0) is 17.6. The predicted molar refractivity (Wildman–Crippen MR) is 109 cm³/mol. The molecule has 4 heteroatoms. The SMILES string of the molecule is [C-]1=C(N2C=CSC2)c2ccccc2C1.[Ir].[c-]1ccccc1-c1ccccn1. The molecule has 3 aromatic rings. The van der Waals surface area contributed by atoms with Gasteiger partial charge in [0.1, 0.15) is 0 Å². The summed E-state index contributed by atoms with van der Waals surface area (Å²) in [6, 6.07) is 25.4. The van der Waals surface area contributed by atoms with E-state index in [4.69, 9.17) is 0 Å². The maximum atomic E-state index is 4.22. The molecule has 0 spiro atoms. The van der Waals surface area contributed by atoms with Crippen molar-refractivity contribution in [3.8, 4) is 11.3 Å². The molecule has 0 atom stereocenters. The van der Waals surface area contributed by atoms with E-state index in [0.717, 1.165) is 23.6 Å². The Hall–Kier alpha value is -2.13. The molecule has 0 saturated heterocycles. The number of benzene rings is 2. The van der Waals surface area contributed by atoms with Crippen molar-refractivity contribution in [2.75, 3.05) is 5.88 Å². The maximum Gasteiger partial charge on any atom is 0.0690 e. The van der Waals surface area contributed by atoms with Crippen LogP contribution in [0.15, 0.2) is 84.5 Å². The molecule has 0 saturated carbocycles. The Morgan fingerprint density at radius 2 is 1.81 bits per heavy atom. The largest absolute Gasteiger partial charge is 0.372 e. The minimum absolute atomic E-state index is 0. The first-order chi connectivity index (χ1) is 12.9. The topological polar surface area (TPSA) is 16.1 Å². The Bertz CT molecular complexity index is 886. The van der Waals surface area contributed by atoms with Crippen LogP contribution >= 0.6 is 11.8 Å². The van der Waals surface area contributed by atoms with E-state index in [1.165, 1.54) is 16.8 Å². The summed E-state index contributed by atoms with van der Waals surface area (Å²) in [5, 5.41) is 2.13. The molecule has 0 bridgehead atoms. The minimum atomic E-state index is 0. The molecular weight excluding hydrogens is 529 g/mol. The van der Waals surface area contributed by atoms with Crippen LogP contribution in [0.25, 0.3) is 17.0 Å². The van der Waals surface area contributed by atoms with Gasteiger partial charge in [0.05, 0.1) is 5.88 Å². The van der Waals surface area contributed by atoms with Gasteiger partial charge in [-0.15, -0.1) is 65.0 Å². The summed E-state index contributed by atoms with van der Waals surface area (Å²) in [5.74, 6) is 1.02. The number of thioether (sulfide) groups is 1. The fourth-order valence-electron chi connectivity index (χ4n) is 2.93. The zero-order valence-corrected chi connectivity index (χ0v) is 17.8. The van der Waals surface area contributed by atoms with E-state index in [1.54, 1.807) is 6.20 Å². The van der Waals surface area contributed by atoms with E-state index in [-0.39, 0.29) is 20.1 Å². The molecule has 1 radical (unpaired) electrons. The van der Waals surface area contributed by atoms with Crippen LogP contribution < -0.4 is 0 Å². The molecule has 2 nitrogen and oxygen atoms in total. The number of allylic oxidation sites excluding steroid dienone is 1. The van der Waals surface area contributed by atoms with Crippen molar-refractivity contribution in [1.82, 2.24) is 9.88 Å². The molecule has 27 heavy (non-hydrogen) atoms. The van der Waals surface area contributed by atoms with Crippen LogP contribution in [0, 0.1) is 12.1 Å². The van der Waals surface area contributed by atoms with Gasteiger partial charge in [-0.1, -0.05) is 36.8 Å². The van der Waals surface area contributed by atoms with Gasteiger partial charge in [-0.05, 0) is 17.2 Å². The third-order valence-electron chi connectivity index (χ3n) is 4.21. The Labute approximate surface area is 178 Å². The molecule has 137 valence electrons. The van der Waals surface area contributed by atoms with Crippen molar-refractivity contribution >= 4 is 17.5 Å². The standard InChI is InChI=1S/C12H10NS.C11H8N.Ir/c1-2-4-11-10(3-1)5-6-12(11)13-7-8-14-9-13;1-2-6-10(7-3-1)11-8-4-5-9-12-11;/h1-4,7-8H,5,9H2;1-6,8-9H;/q2*-1;. The minimum Gasteiger partial charge on any atom is -0.372 e. The van der Waals surface area contributed by atoms with Gasteiger partial charge in [0.2, 0.25) is 0 Å². The van der Waals surface area contributed by atoms with Crippen LogP contribution in [-0.4, -0.2) is 15.8 Å². The molecule has 1 aromatic heterocycles. The summed E-state index contributed by atoms with van der Waals surface area (Å²) in [4.78, 5) is 6.48. The van der Waals surface area contributed by atoms with Crippen LogP contribution in [-0.2, 0) is 26.5 Å². The van der Waals surface area contributed by atoms with Gasteiger partial charge in [-0.25, -0.2) is 6.08 Å². The van der Waals surface area contributed by atoms with E-state index in [9.17, 15) is 0 Å². The van der Waals surface area contributed by atoms with Gasteiger partial charge in [0, 0.05) is 32.5 Å². The van der Waals surface area contributed by atoms with Crippen LogP contribution in [0.3, 0.4) is 0 Å². The molecule has 1 aliphatic carbocycles. The fraction of sp³-hybridized carbons (Fsp3) is 0.0870. The van der Waals surface area contributed by atoms with Crippen molar-refractivity contribution in [3.63, 3.8) is 0 Å². The van der Waals surface area contributed by atoms with Crippen molar-refractivity contribution in [2.24, 2.45) is 0 Å². The fourth-order valence-corrected chi connectivity index (χ4v) is 3.63. The third-order valence-corrected chi connectivity index (χ3v) is 4.95. The van der Waals surface area contributed by atoms with E-state index in [0.29, 0.717) is 0 Å². The van der Waals surface area contributed by atoms with Gasteiger partial charge < -0.3 is 9.88 Å². The average molecular weight is 547 g/mol. The zero-order valence-electron chi connectivity index (χ0n) is 14.6. The van der Waals surface area contributed by atoms with Gasteiger partial charge in [-0.3, -0.25) is 0 Å². The number of hydrogen-bond donors (Lipinski definition) is 0. The quantitative estimate of drug-likeness (QED) is 0.400. The van der Waals surface area contributed by atoms with Crippen LogP contribution in [0.2, 0.25) is 0 Å². The molecular formula is C23H18IrN2S-2. The molecule has 5 rings (SSSR count). The second-order valence-electron chi connectivity index (χ2n) is 5.90.